The fourth-order valence-electron chi connectivity index (χ4n) is 2.82. The quantitative estimate of drug-likeness (QED) is 0.817. The van der Waals surface area contributed by atoms with Crippen LogP contribution in [0.1, 0.15) is 26.7 Å². The van der Waals surface area contributed by atoms with Crippen molar-refractivity contribution in [2.75, 3.05) is 18.4 Å². The molecule has 0 saturated carbocycles. The van der Waals surface area contributed by atoms with Crippen LogP contribution in [0.5, 0.6) is 0 Å². The molecule has 0 radical (unpaired) electrons. The van der Waals surface area contributed by atoms with Gasteiger partial charge in [-0.15, -0.1) is 0 Å². The Morgan fingerprint density at radius 3 is 2.52 bits per heavy atom. The van der Waals surface area contributed by atoms with E-state index in [0.717, 1.165) is 12.1 Å². The summed E-state index contributed by atoms with van der Waals surface area (Å²) in [5, 5.41) is 4.87. The molecule has 0 aromatic heterocycles. The number of halogens is 2. The Labute approximate surface area is 144 Å². The number of amides is 3. The van der Waals surface area contributed by atoms with Crippen LogP contribution in [0, 0.1) is 17.6 Å². The molecule has 0 spiro atoms. The Morgan fingerprint density at radius 2 is 1.96 bits per heavy atom. The summed E-state index contributed by atoms with van der Waals surface area (Å²) >= 11 is 0. The second-order valence-corrected chi connectivity index (χ2v) is 6.27. The third-order valence-corrected chi connectivity index (χ3v) is 3.97. The Balaban J connectivity index is 1.91. The number of benzene rings is 1. The van der Waals surface area contributed by atoms with E-state index >= 15 is 0 Å². The summed E-state index contributed by atoms with van der Waals surface area (Å²) in [7, 11) is 0. The lowest BCUT2D eigenvalue weighted by Gasteiger charge is -2.29. The summed E-state index contributed by atoms with van der Waals surface area (Å²) in [6.07, 6.45) is 1.14. The van der Waals surface area contributed by atoms with Crippen LogP contribution in [0.2, 0.25) is 0 Å². The van der Waals surface area contributed by atoms with Gasteiger partial charge >= 0.3 is 0 Å². The van der Waals surface area contributed by atoms with Gasteiger partial charge in [-0.25, -0.2) is 8.78 Å². The molecule has 1 saturated heterocycles. The topological polar surface area (TPSA) is 78.5 Å². The van der Waals surface area contributed by atoms with Gasteiger partial charge < -0.3 is 15.5 Å². The number of nitrogens with zero attached hydrogens (tertiary/aromatic N) is 1. The number of hydrogen-bond donors (Lipinski definition) is 2. The lowest BCUT2D eigenvalue weighted by atomic mass is 10.0. The second-order valence-electron chi connectivity index (χ2n) is 6.27. The van der Waals surface area contributed by atoms with Crippen molar-refractivity contribution in [3.8, 4) is 0 Å². The van der Waals surface area contributed by atoms with Crippen molar-refractivity contribution in [2.45, 2.75) is 32.7 Å². The minimum atomic E-state index is -1.07. The van der Waals surface area contributed by atoms with E-state index in [1.54, 1.807) is 0 Å². The molecule has 3 amide bonds. The normalized spacial score (nSPS) is 15.4. The molecule has 2 rings (SSSR count). The summed E-state index contributed by atoms with van der Waals surface area (Å²) in [4.78, 5) is 37.6. The molecule has 1 atom stereocenters. The van der Waals surface area contributed by atoms with Crippen LogP contribution in [-0.2, 0) is 14.4 Å². The fourth-order valence-corrected chi connectivity index (χ4v) is 2.82. The smallest absolute Gasteiger partial charge is 0.243 e. The van der Waals surface area contributed by atoms with Crippen molar-refractivity contribution < 1.29 is 23.2 Å². The van der Waals surface area contributed by atoms with Crippen LogP contribution in [0.4, 0.5) is 14.5 Å². The van der Waals surface area contributed by atoms with E-state index in [2.05, 4.69) is 10.6 Å². The average Bonchev–Trinajstić information content (AvgIpc) is 2.95. The Bertz CT molecular complexity index is 679. The van der Waals surface area contributed by atoms with Gasteiger partial charge in [0.2, 0.25) is 17.7 Å². The van der Waals surface area contributed by atoms with Gasteiger partial charge in [0.1, 0.15) is 6.04 Å². The summed E-state index contributed by atoms with van der Waals surface area (Å²) in [6, 6.07) is 2.34. The van der Waals surface area contributed by atoms with Crippen LogP contribution >= 0.6 is 0 Å². The predicted molar refractivity (Wildman–Crippen MR) is 87.6 cm³/mol. The number of likely N-dealkylation sites (tertiary alicyclic amines) is 1. The standard InChI is InChI=1S/C17H21F2N3O3/c1-10(2)16(22-7-3-4-15(22)24)17(25)20-9-14(23)21-11-5-6-12(18)13(19)8-11/h5-6,8,10,16H,3-4,7,9H2,1-2H3,(H,20,25)(H,21,23). The molecule has 1 aliphatic rings. The number of carbonyl (C=O) groups excluding carboxylic acids is 3. The van der Waals surface area contributed by atoms with Gasteiger partial charge in [0.15, 0.2) is 11.6 Å². The van der Waals surface area contributed by atoms with Gasteiger partial charge in [-0.05, 0) is 24.5 Å². The Morgan fingerprint density at radius 1 is 1.24 bits per heavy atom. The van der Waals surface area contributed by atoms with Gasteiger partial charge in [0.25, 0.3) is 0 Å². The first-order valence-electron chi connectivity index (χ1n) is 8.11. The highest BCUT2D eigenvalue weighted by Gasteiger charge is 2.34. The highest BCUT2D eigenvalue weighted by Crippen LogP contribution is 2.19. The molecule has 1 fully saturated rings. The molecule has 0 bridgehead atoms. The van der Waals surface area contributed by atoms with Gasteiger partial charge in [0, 0.05) is 24.7 Å². The molecule has 136 valence electrons. The molecular formula is C17H21F2N3O3. The highest BCUT2D eigenvalue weighted by atomic mass is 19.2. The van der Waals surface area contributed by atoms with Crippen molar-refractivity contribution in [2.24, 2.45) is 5.92 Å². The van der Waals surface area contributed by atoms with Crippen LogP contribution in [0.3, 0.4) is 0 Å². The van der Waals surface area contributed by atoms with Gasteiger partial charge in [-0.3, -0.25) is 14.4 Å². The maximum Gasteiger partial charge on any atom is 0.243 e. The molecule has 1 aromatic rings. The van der Waals surface area contributed by atoms with Crippen LogP contribution < -0.4 is 10.6 Å². The SMILES string of the molecule is CC(C)C(C(=O)NCC(=O)Nc1ccc(F)c(F)c1)N1CCCC1=O. The summed E-state index contributed by atoms with van der Waals surface area (Å²) < 4.78 is 26.0. The number of carbonyl (C=O) groups is 3. The number of anilines is 1. The first-order valence-corrected chi connectivity index (χ1v) is 8.11. The van der Waals surface area contributed by atoms with Crippen molar-refractivity contribution >= 4 is 23.4 Å². The van der Waals surface area contributed by atoms with E-state index in [0.29, 0.717) is 19.4 Å². The van der Waals surface area contributed by atoms with Crippen molar-refractivity contribution in [3.63, 3.8) is 0 Å². The first-order chi connectivity index (χ1) is 11.8. The molecule has 6 nitrogen and oxygen atoms in total. The van der Waals surface area contributed by atoms with Crippen molar-refractivity contribution in [3.05, 3.63) is 29.8 Å². The third-order valence-electron chi connectivity index (χ3n) is 3.97. The molecule has 8 heteroatoms. The fraction of sp³-hybridized carbons (Fsp3) is 0.471. The molecule has 2 N–H and O–H groups in total. The lowest BCUT2D eigenvalue weighted by Crippen LogP contribution is -2.51. The second kappa shape index (κ2) is 8.04. The highest BCUT2D eigenvalue weighted by molar-refractivity contribution is 5.96. The van der Waals surface area contributed by atoms with Crippen LogP contribution in [0.25, 0.3) is 0 Å². The van der Waals surface area contributed by atoms with Crippen molar-refractivity contribution in [1.29, 1.82) is 0 Å². The largest absolute Gasteiger partial charge is 0.345 e. The van der Waals surface area contributed by atoms with E-state index in [1.807, 2.05) is 13.8 Å². The maximum atomic E-state index is 13.1. The minimum absolute atomic E-state index is 0.0694. The molecule has 1 aliphatic heterocycles. The van der Waals surface area contributed by atoms with Crippen LogP contribution in [0.15, 0.2) is 18.2 Å². The van der Waals surface area contributed by atoms with Gasteiger partial charge in [-0.1, -0.05) is 13.8 Å². The van der Waals surface area contributed by atoms with E-state index < -0.39 is 29.5 Å². The van der Waals surface area contributed by atoms with Gasteiger partial charge in [0.05, 0.1) is 6.54 Å². The maximum absolute atomic E-state index is 13.1. The van der Waals surface area contributed by atoms with Gasteiger partial charge in [-0.2, -0.15) is 0 Å². The zero-order valence-corrected chi connectivity index (χ0v) is 14.1. The summed E-state index contributed by atoms with van der Waals surface area (Å²) in [6.45, 7) is 3.85. The molecular weight excluding hydrogens is 332 g/mol. The number of nitrogens with one attached hydrogen (secondary N) is 2. The van der Waals surface area contributed by atoms with E-state index in [-0.39, 0.29) is 24.1 Å². The van der Waals surface area contributed by atoms with Crippen molar-refractivity contribution in [1.82, 2.24) is 10.2 Å². The average molecular weight is 353 g/mol. The van der Waals surface area contributed by atoms with E-state index in [4.69, 9.17) is 0 Å². The summed E-state index contributed by atoms with van der Waals surface area (Å²) in [5.74, 6) is -3.24. The summed E-state index contributed by atoms with van der Waals surface area (Å²) in [5.41, 5.74) is 0.0910. The molecule has 1 aromatic carbocycles. The Hall–Kier alpha value is -2.51. The Kier molecular flexibility index (Phi) is 6.06. The molecule has 1 unspecified atom stereocenters. The van der Waals surface area contributed by atoms with E-state index in [1.165, 1.54) is 11.0 Å². The van der Waals surface area contributed by atoms with E-state index in [9.17, 15) is 23.2 Å². The number of rotatable bonds is 6. The molecule has 1 heterocycles. The number of hydrogen-bond acceptors (Lipinski definition) is 3. The monoisotopic (exact) mass is 353 g/mol. The first kappa shape index (κ1) is 18.8. The minimum Gasteiger partial charge on any atom is -0.345 e. The lowest BCUT2D eigenvalue weighted by molar-refractivity contribution is -0.139. The molecule has 0 aliphatic carbocycles. The zero-order chi connectivity index (χ0) is 18.6. The molecule has 25 heavy (non-hydrogen) atoms. The predicted octanol–water partition coefficient (Wildman–Crippen LogP) is 1.67. The zero-order valence-electron chi connectivity index (χ0n) is 14.1. The van der Waals surface area contributed by atoms with Crippen LogP contribution in [-0.4, -0.2) is 41.8 Å². The third kappa shape index (κ3) is 4.74.